The van der Waals surface area contributed by atoms with E-state index in [0.29, 0.717) is 23.6 Å². The third kappa shape index (κ3) is 4.72. The van der Waals surface area contributed by atoms with Crippen LogP contribution in [-0.2, 0) is 17.8 Å². The summed E-state index contributed by atoms with van der Waals surface area (Å²) < 4.78 is 1.45. The van der Waals surface area contributed by atoms with Crippen molar-refractivity contribution in [3.05, 3.63) is 99.8 Å². The number of benzene rings is 3. The average Bonchev–Trinajstić information content (AvgIpc) is 3.28. The number of hydrogen-bond acceptors (Lipinski definition) is 5. The largest absolute Gasteiger partial charge is 1.00 e. The number of nitrogens with zero attached hydrogens (tertiary/aromatic N) is 2. The summed E-state index contributed by atoms with van der Waals surface area (Å²) in [5.41, 5.74) is 4.41. The molecule has 4 aromatic rings. The van der Waals surface area contributed by atoms with Gasteiger partial charge in [-0.1, -0.05) is 72.8 Å². The van der Waals surface area contributed by atoms with E-state index in [2.05, 4.69) is 24.3 Å². The second kappa shape index (κ2) is 10.5. The van der Waals surface area contributed by atoms with Gasteiger partial charge in [0.1, 0.15) is 0 Å². The van der Waals surface area contributed by atoms with Crippen molar-refractivity contribution in [1.82, 2.24) is 9.47 Å². The second-order valence-corrected chi connectivity index (χ2v) is 9.89. The zero-order chi connectivity index (χ0) is 23.8. The van der Waals surface area contributed by atoms with Crippen molar-refractivity contribution in [2.24, 2.45) is 0 Å². The number of hydrogen-bond donors (Lipinski definition) is 0. The molecule has 1 aliphatic heterocycles. The first-order valence-corrected chi connectivity index (χ1v) is 12.2. The van der Waals surface area contributed by atoms with Gasteiger partial charge in [0.2, 0.25) is 0 Å². The molecule has 0 amide bonds. The predicted octanol–water partition coefficient (Wildman–Crippen LogP) is 0.722. The topological polar surface area (TPSA) is 65.4 Å². The van der Waals surface area contributed by atoms with Crippen LogP contribution in [0.25, 0.3) is 21.9 Å². The summed E-state index contributed by atoms with van der Waals surface area (Å²) in [5, 5.41) is 14.9. The molecule has 1 aromatic heterocycles. The van der Waals surface area contributed by atoms with E-state index < -0.39 is 12.0 Å². The Hall–Kier alpha value is -2.75. The maximum absolute atomic E-state index is 13.8. The molecular weight excluding hydrogens is 451 g/mol. The SMILES string of the molecule is CN(C)Cc1c(Cc2cccc3ccccc23)c(-c2ccccc2)c2n(c1=O)C(C(=O)[O-])CS2.[Li+]. The number of thioether (sulfide) groups is 1. The smallest absolute Gasteiger partial charge is 0.548 e. The third-order valence-electron chi connectivity index (χ3n) is 6.32. The van der Waals surface area contributed by atoms with Gasteiger partial charge in [-0.3, -0.25) is 9.36 Å². The first kappa shape index (κ1) is 25.3. The Morgan fingerprint density at radius 2 is 1.69 bits per heavy atom. The van der Waals surface area contributed by atoms with Crippen LogP contribution < -0.4 is 29.5 Å². The first-order chi connectivity index (χ1) is 16.5. The van der Waals surface area contributed by atoms with Crippen molar-refractivity contribution in [3.8, 4) is 11.1 Å². The Morgan fingerprint density at radius 1 is 1.00 bits per heavy atom. The van der Waals surface area contributed by atoms with Crippen molar-refractivity contribution >= 4 is 28.5 Å². The van der Waals surface area contributed by atoms with Crippen LogP contribution in [0.5, 0.6) is 0 Å². The van der Waals surface area contributed by atoms with E-state index in [4.69, 9.17) is 0 Å². The molecule has 1 aliphatic rings. The van der Waals surface area contributed by atoms with Crippen LogP contribution in [0.3, 0.4) is 0 Å². The van der Waals surface area contributed by atoms with Crippen LogP contribution in [0.4, 0.5) is 0 Å². The van der Waals surface area contributed by atoms with Crippen molar-refractivity contribution in [1.29, 1.82) is 0 Å². The number of carboxylic acid groups (broad SMARTS) is 1. The molecule has 0 saturated heterocycles. The molecule has 2 heterocycles. The Balaban J connectivity index is 0.00000289. The van der Waals surface area contributed by atoms with E-state index in [1.54, 1.807) is 0 Å². The zero-order valence-corrected chi connectivity index (χ0v) is 21.0. The van der Waals surface area contributed by atoms with Gasteiger partial charge in [0.15, 0.2) is 0 Å². The molecule has 1 unspecified atom stereocenters. The first-order valence-electron chi connectivity index (χ1n) is 11.3. The number of aromatic nitrogens is 1. The van der Waals surface area contributed by atoms with E-state index in [0.717, 1.165) is 33.0 Å². The van der Waals surface area contributed by atoms with E-state index in [-0.39, 0.29) is 30.2 Å². The van der Waals surface area contributed by atoms with Crippen LogP contribution >= 0.6 is 11.8 Å². The minimum absolute atomic E-state index is 0. The summed E-state index contributed by atoms with van der Waals surface area (Å²) in [6.07, 6.45) is 0.578. The fraction of sp³-hybridized carbons (Fsp3) is 0.214. The van der Waals surface area contributed by atoms with Crippen molar-refractivity contribution in [3.63, 3.8) is 0 Å². The summed E-state index contributed by atoms with van der Waals surface area (Å²) in [4.78, 5) is 27.7. The molecule has 3 aromatic carbocycles. The van der Waals surface area contributed by atoms with Gasteiger partial charge in [-0.2, -0.15) is 0 Å². The van der Waals surface area contributed by atoms with Crippen molar-refractivity contribution in [2.75, 3.05) is 19.8 Å². The number of pyridine rings is 1. The number of rotatable bonds is 6. The van der Waals surface area contributed by atoms with Gasteiger partial charge >= 0.3 is 18.9 Å². The summed E-state index contributed by atoms with van der Waals surface area (Å²) in [6, 6.07) is 23.5. The Labute approximate surface area is 221 Å². The molecule has 7 heteroatoms. The quantitative estimate of drug-likeness (QED) is 0.384. The molecular formula is C28H25LiN2O3S. The number of carbonyl (C=O) groups excluding carboxylic acids is 1. The third-order valence-corrected chi connectivity index (χ3v) is 7.48. The molecule has 0 bridgehead atoms. The van der Waals surface area contributed by atoms with Crippen LogP contribution in [-0.4, -0.2) is 35.3 Å². The van der Waals surface area contributed by atoms with Gasteiger partial charge < -0.3 is 14.8 Å². The second-order valence-electron chi connectivity index (χ2n) is 8.88. The molecule has 172 valence electrons. The molecule has 5 rings (SSSR count). The minimum atomic E-state index is -1.22. The van der Waals surface area contributed by atoms with Crippen LogP contribution in [0.15, 0.2) is 82.6 Å². The van der Waals surface area contributed by atoms with Gasteiger partial charge in [-0.25, -0.2) is 0 Å². The summed E-state index contributed by atoms with van der Waals surface area (Å²) in [7, 11) is 3.85. The van der Waals surface area contributed by atoms with E-state index in [1.807, 2.05) is 67.5 Å². The standard InChI is InChI=1S/C28H26N2O3S.Li/c1-29(2)16-23-22(15-20-13-8-12-18-9-6-7-14-21(18)20)25(19-10-4-3-5-11-19)27-30(26(23)31)24(17-34-27)28(32)33;/h3-14,24H,15-17H2,1-2H3,(H,32,33);/q;+1/p-1. The summed E-state index contributed by atoms with van der Waals surface area (Å²) in [6.45, 7) is 0.420. The van der Waals surface area contributed by atoms with E-state index >= 15 is 0 Å². The normalized spacial score (nSPS) is 14.7. The number of carbonyl (C=O) groups is 1. The van der Waals surface area contributed by atoms with Crippen LogP contribution in [0.1, 0.15) is 22.7 Å². The molecule has 0 radical (unpaired) electrons. The summed E-state index contributed by atoms with van der Waals surface area (Å²) >= 11 is 1.42. The zero-order valence-electron chi connectivity index (χ0n) is 20.2. The minimum Gasteiger partial charge on any atom is -0.548 e. The number of fused-ring (bicyclic) bond motifs is 2. The van der Waals surface area contributed by atoms with Gasteiger partial charge in [0.25, 0.3) is 5.56 Å². The monoisotopic (exact) mass is 476 g/mol. The molecule has 0 N–H and O–H groups in total. The Kier molecular flexibility index (Phi) is 7.58. The van der Waals surface area contributed by atoms with Crippen molar-refractivity contribution in [2.45, 2.75) is 24.0 Å². The molecule has 5 nitrogen and oxygen atoms in total. The van der Waals surface area contributed by atoms with Crippen molar-refractivity contribution < 1.29 is 28.8 Å². The molecule has 0 saturated carbocycles. The number of carboxylic acids is 1. The van der Waals surface area contributed by atoms with Crippen LogP contribution in [0, 0.1) is 0 Å². The van der Waals surface area contributed by atoms with Gasteiger partial charge in [0.05, 0.1) is 17.0 Å². The maximum Gasteiger partial charge on any atom is 1.00 e. The predicted molar refractivity (Wildman–Crippen MR) is 135 cm³/mol. The fourth-order valence-electron chi connectivity index (χ4n) is 4.81. The maximum atomic E-state index is 13.8. The Morgan fingerprint density at radius 3 is 2.40 bits per heavy atom. The van der Waals surface area contributed by atoms with E-state index in [9.17, 15) is 14.7 Å². The van der Waals surface area contributed by atoms with Crippen LogP contribution in [0.2, 0.25) is 0 Å². The molecule has 0 aliphatic carbocycles. The summed E-state index contributed by atoms with van der Waals surface area (Å²) in [5.74, 6) is -0.929. The van der Waals surface area contributed by atoms with Gasteiger partial charge in [-0.15, -0.1) is 11.8 Å². The van der Waals surface area contributed by atoms with Gasteiger partial charge in [-0.05, 0) is 48.0 Å². The number of aliphatic carboxylic acids is 1. The van der Waals surface area contributed by atoms with Gasteiger partial charge in [0, 0.05) is 23.4 Å². The molecule has 1 atom stereocenters. The molecule has 0 spiro atoms. The molecule has 35 heavy (non-hydrogen) atoms. The molecule has 0 fully saturated rings. The Bertz CT molecular complexity index is 1450. The van der Waals surface area contributed by atoms with E-state index in [1.165, 1.54) is 16.3 Å². The fourth-order valence-corrected chi connectivity index (χ4v) is 6.15. The average molecular weight is 477 g/mol.